The van der Waals surface area contributed by atoms with Crippen LogP contribution in [0.1, 0.15) is 39.0 Å². The molecule has 104 valence electrons. The van der Waals surface area contributed by atoms with E-state index >= 15 is 0 Å². The zero-order chi connectivity index (χ0) is 13.9. The molecule has 0 atom stereocenters. The number of nitrogens with zero attached hydrogens (tertiary/aromatic N) is 2. The van der Waals surface area contributed by atoms with E-state index in [1.807, 2.05) is 0 Å². The highest BCUT2D eigenvalue weighted by molar-refractivity contribution is 6.29. The summed E-state index contributed by atoms with van der Waals surface area (Å²) in [6.07, 6.45) is 6.05. The van der Waals surface area contributed by atoms with Gasteiger partial charge in [0.1, 0.15) is 11.0 Å². The Balaban J connectivity index is 2.08. The SMILES string of the molecule is CCC1(CNc2cc([N+](=O)[O-])cc(Cl)n2)CCCC1. The molecule has 6 heteroatoms. The summed E-state index contributed by atoms with van der Waals surface area (Å²) in [5.41, 5.74) is 0.276. The fraction of sp³-hybridized carbons (Fsp3) is 0.615. The van der Waals surface area contributed by atoms with Crippen molar-refractivity contribution in [3.63, 3.8) is 0 Å². The first-order valence-electron chi connectivity index (χ1n) is 6.60. The maximum atomic E-state index is 10.8. The summed E-state index contributed by atoms with van der Waals surface area (Å²) in [7, 11) is 0. The van der Waals surface area contributed by atoms with E-state index in [1.165, 1.54) is 37.8 Å². The predicted molar refractivity (Wildman–Crippen MR) is 75.6 cm³/mol. The average molecular weight is 284 g/mol. The molecule has 1 aromatic rings. The lowest BCUT2D eigenvalue weighted by atomic mass is 9.83. The van der Waals surface area contributed by atoms with Gasteiger partial charge in [-0.1, -0.05) is 31.4 Å². The van der Waals surface area contributed by atoms with Gasteiger partial charge in [-0.25, -0.2) is 4.98 Å². The molecule has 1 heterocycles. The van der Waals surface area contributed by atoms with E-state index in [0.717, 1.165) is 13.0 Å². The number of aromatic nitrogens is 1. The average Bonchev–Trinajstić information content (AvgIpc) is 2.85. The zero-order valence-electron chi connectivity index (χ0n) is 11.0. The number of anilines is 1. The second-order valence-corrected chi connectivity index (χ2v) is 5.59. The maximum absolute atomic E-state index is 10.8. The molecule has 0 saturated heterocycles. The Morgan fingerprint density at radius 2 is 2.16 bits per heavy atom. The smallest absolute Gasteiger partial charge is 0.276 e. The van der Waals surface area contributed by atoms with Gasteiger partial charge in [0.2, 0.25) is 0 Å². The highest BCUT2D eigenvalue weighted by Crippen LogP contribution is 2.41. The highest BCUT2D eigenvalue weighted by atomic mass is 35.5. The summed E-state index contributed by atoms with van der Waals surface area (Å²) in [4.78, 5) is 14.4. The summed E-state index contributed by atoms with van der Waals surface area (Å²) < 4.78 is 0. The van der Waals surface area contributed by atoms with E-state index in [4.69, 9.17) is 11.6 Å². The fourth-order valence-electron chi connectivity index (χ4n) is 2.74. The Labute approximate surface area is 117 Å². The highest BCUT2D eigenvalue weighted by Gasteiger charge is 2.31. The number of nitrogens with one attached hydrogen (secondary N) is 1. The third-order valence-corrected chi connectivity index (χ3v) is 4.24. The van der Waals surface area contributed by atoms with Crippen LogP contribution in [0.3, 0.4) is 0 Å². The largest absolute Gasteiger partial charge is 0.369 e. The van der Waals surface area contributed by atoms with Gasteiger partial charge >= 0.3 is 0 Å². The lowest BCUT2D eigenvalue weighted by Gasteiger charge is -2.27. The fourth-order valence-corrected chi connectivity index (χ4v) is 2.94. The lowest BCUT2D eigenvalue weighted by Crippen LogP contribution is -2.26. The van der Waals surface area contributed by atoms with Gasteiger partial charge in [-0.05, 0) is 24.7 Å². The molecule has 0 amide bonds. The molecule has 0 spiro atoms. The van der Waals surface area contributed by atoms with Crippen molar-refractivity contribution in [3.8, 4) is 0 Å². The minimum Gasteiger partial charge on any atom is -0.369 e. The van der Waals surface area contributed by atoms with Crippen molar-refractivity contribution in [1.82, 2.24) is 4.98 Å². The molecule has 1 saturated carbocycles. The summed E-state index contributed by atoms with van der Waals surface area (Å²) in [5, 5.41) is 14.1. The normalized spacial score (nSPS) is 17.4. The first kappa shape index (κ1) is 14.1. The van der Waals surface area contributed by atoms with Gasteiger partial charge in [-0.2, -0.15) is 0 Å². The lowest BCUT2D eigenvalue weighted by molar-refractivity contribution is -0.384. The molecular weight excluding hydrogens is 266 g/mol. The van der Waals surface area contributed by atoms with Crippen molar-refractivity contribution in [3.05, 3.63) is 27.4 Å². The first-order chi connectivity index (χ1) is 9.04. The van der Waals surface area contributed by atoms with E-state index in [9.17, 15) is 10.1 Å². The van der Waals surface area contributed by atoms with Gasteiger partial charge in [0.15, 0.2) is 0 Å². The summed E-state index contributed by atoms with van der Waals surface area (Å²) in [5.74, 6) is 0.485. The minimum absolute atomic E-state index is 0.0283. The van der Waals surface area contributed by atoms with Gasteiger partial charge in [0.25, 0.3) is 5.69 Å². The van der Waals surface area contributed by atoms with Gasteiger partial charge in [-0.15, -0.1) is 0 Å². The van der Waals surface area contributed by atoms with Crippen LogP contribution in [0.2, 0.25) is 5.15 Å². The number of nitro groups is 1. The third-order valence-electron chi connectivity index (χ3n) is 4.05. The summed E-state index contributed by atoms with van der Waals surface area (Å²) in [6, 6.07) is 2.70. The van der Waals surface area contributed by atoms with Crippen molar-refractivity contribution in [2.24, 2.45) is 5.41 Å². The Hall–Kier alpha value is -1.36. The number of hydrogen-bond acceptors (Lipinski definition) is 4. The molecule has 0 aliphatic heterocycles. The number of pyridine rings is 1. The van der Waals surface area contributed by atoms with Crippen LogP contribution in [-0.2, 0) is 0 Å². The van der Waals surface area contributed by atoms with Gasteiger partial charge < -0.3 is 5.32 Å². The molecule has 2 rings (SSSR count). The molecule has 1 aliphatic carbocycles. The monoisotopic (exact) mass is 283 g/mol. The van der Waals surface area contributed by atoms with Crippen molar-refractivity contribution in [2.45, 2.75) is 39.0 Å². The Morgan fingerprint density at radius 3 is 2.74 bits per heavy atom. The van der Waals surface area contributed by atoms with Crippen molar-refractivity contribution < 1.29 is 4.92 Å². The van der Waals surface area contributed by atoms with E-state index in [0.29, 0.717) is 11.2 Å². The number of hydrogen-bond donors (Lipinski definition) is 1. The Morgan fingerprint density at radius 1 is 1.47 bits per heavy atom. The summed E-state index contributed by atoms with van der Waals surface area (Å²) >= 11 is 5.80. The summed E-state index contributed by atoms with van der Waals surface area (Å²) in [6.45, 7) is 2.99. The predicted octanol–water partition coefficient (Wildman–Crippen LogP) is 4.03. The molecule has 19 heavy (non-hydrogen) atoms. The van der Waals surface area contributed by atoms with Crippen LogP contribution in [0.15, 0.2) is 12.1 Å². The molecule has 1 fully saturated rings. The minimum atomic E-state index is -0.454. The van der Waals surface area contributed by atoms with Crippen molar-refractivity contribution >= 4 is 23.1 Å². The maximum Gasteiger partial charge on any atom is 0.276 e. The topological polar surface area (TPSA) is 68.1 Å². The molecule has 0 unspecified atom stereocenters. The molecule has 0 radical (unpaired) electrons. The van der Waals surface area contributed by atoms with E-state index < -0.39 is 4.92 Å². The first-order valence-corrected chi connectivity index (χ1v) is 6.98. The van der Waals surface area contributed by atoms with Crippen LogP contribution in [0.5, 0.6) is 0 Å². The molecule has 1 N–H and O–H groups in total. The van der Waals surface area contributed by atoms with Crippen LogP contribution < -0.4 is 5.32 Å². The van der Waals surface area contributed by atoms with E-state index in [2.05, 4.69) is 17.2 Å². The third kappa shape index (κ3) is 3.35. The van der Waals surface area contributed by atoms with E-state index in [-0.39, 0.29) is 10.8 Å². The molecule has 5 nitrogen and oxygen atoms in total. The second-order valence-electron chi connectivity index (χ2n) is 5.20. The Bertz CT molecular complexity index is 473. The van der Waals surface area contributed by atoms with Crippen molar-refractivity contribution in [2.75, 3.05) is 11.9 Å². The second kappa shape index (κ2) is 5.74. The van der Waals surface area contributed by atoms with Crippen molar-refractivity contribution in [1.29, 1.82) is 0 Å². The van der Waals surface area contributed by atoms with Crippen LogP contribution >= 0.6 is 11.6 Å². The van der Waals surface area contributed by atoms with Gasteiger partial charge in [0, 0.05) is 6.54 Å². The standard InChI is InChI=1S/C13H18ClN3O2/c1-2-13(5-3-4-6-13)9-15-12-8-10(17(18)19)7-11(14)16-12/h7-8H,2-6,9H2,1H3,(H,15,16). The van der Waals surface area contributed by atoms with Crippen LogP contribution in [0, 0.1) is 15.5 Å². The number of halogens is 1. The molecule has 1 aliphatic rings. The molecule has 1 aromatic heterocycles. The van der Waals surface area contributed by atoms with Gasteiger partial charge in [0.05, 0.1) is 17.1 Å². The van der Waals surface area contributed by atoms with Gasteiger partial charge in [-0.3, -0.25) is 10.1 Å². The molecular formula is C13H18ClN3O2. The van der Waals surface area contributed by atoms with Crippen LogP contribution in [-0.4, -0.2) is 16.5 Å². The van der Waals surface area contributed by atoms with E-state index in [1.54, 1.807) is 0 Å². The van der Waals surface area contributed by atoms with Crippen LogP contribution in [0.4, 0.5) is 11.5 Å². The molecule has 0 bridgehead atoms. The molecule has 0 aromatic carbocycles. The zero-order valence-corrected chi connectivity index (χ0v) is 11.7. The quantitative estimate of drug-likeness (QED) is 0.503. The number of rotatable bonds is 5. The van der Waals surface area contributed by atoms with Crippen LogP contribution in [0.25, 0.3) is 0 Å². The Kier molecular flexibility index (Phi) is 4.24.